The number of rotatable bonds is 8. The second kappa shape index (κ2) is 10.9. The van der Waals surface area contributed by atoms with Crippen LogP contribution in [0, 0.1) is 0 Å². The van der Waals surface area contributed by atoms with Gasteiger partial charge in [-0.05, 0) is 24.1 Å². The third-order valence-electron chi connectivity index (χ3n) is 5.09. The number of piperazine rings is 1. The average Bonchev–Trinajstić information content (AvgIpc) is 3.12. The van der Waals surface area contributed by atoms with Gasteiger partial charge in [0.05, 0.1) is 13.7 Å². The van der Waals surface area contributed by atoms with Gasteiger partial charge in [-0.1, -0.05) is 6.07 Å². The Bertz CT molecular complexity index is 541. The van der Waals surface area contributed by atoms with Crippen LogP contribution in [-0.4, -0.2) is 82.5 Å². The van der Waals surface area contributed by atoms with Crippen LogP contribution in [0.25, 0.3) is 0 Å². The molecule has 2 aliphatic heterocycles. The lowest BCUT2D eigenvalue weighted by atomic mass is 10.2. The van der Waals surface area contributed by atoms with Gasteiger partial charge in [0.2, 0.25) is 0 Å². The van der Waals surface area contributed by atoms with Crippen molar-refractivity contribution in [3.05, 3.63) is 23.8 Å². The molecule has 1 atom stereocenters. The van der Waals surface area contributed by atoms with Crippen molar-refractivity contribution in [3.63, 3.8) is 0 Å². The minimum Gasteiger partial charge on any atom is -0.493 e. The van der Waals surface area contributed by atoms with E-state index >= 15 is 0 Å². The second-order valence-corrected chi connectivity index (χ2v) is 6.79. The van der Waals surface area contributed by atoms with Gasteiger partial charge in [0.1, 0.15) is 6.61 Å². The molecular weight excluding hydrogens is 354 g/mol. The molecule has 26 heavy (non-hydrogen) atoms. The molecule has 0 radical (unpaired) electrons. The summed E-state index contributed by atoms with van der Waals surface area (Å²) in [5.74, 6) is 1.58. The number of nitrogens with one attached hydrogen (secondary N) is 1. The van der Waals surface area contributed by atoms with Crippen molar-refractivity contribution in [3.8, 4) is 11.5 Å². The molecule has 1 aromatic rings. The van der Waals surface area contributed by atoms with E-state index in [2.05, 4.69) is 27.2 Å². The van der Waals surface area contributed by atoms with Gasteiger partial charge in [-0.2, -0.15) is 0 Å². The Morgan fingerprint density at radius 1 is 1.08 bits per heavy atom. The minimum atomic E-state index is 0. The molecule has 2 aliphatic rings. The van der Waals surface area contributed by atoms with E-state index in [9.17, 15) is 0 Å². The molecule has 0 amide bonds. The summed E-state index contributed by atoms with van der Waals surface area (Å²) in [5.41, 5.74) is 1.27. The molecule has 1 aromatic carbocycles. The first-order valence-electron chi connectivity index (χ1n) is 9.26. The lowest BCUT2D eigenvalue weighted by Gasteiger charge is -2.32. The van der Waals surface area contributed by atoms with Gasteiger partial charge in [0.25, 0.3) is 0 Å². The van der Waals surface area contributed by atoms with Gasteiger partial charge in [-0.3, -0.25) is 9.80 Å². The molecule has 2 saturated heterocycles. The summed E-state index contributed by atoms with van der Waals surface area (Å²) in [4.78, 5) is 5.19. The Labute approximate surface area is 163 Å². The van der Waals surface area contributed by atoms with Gasteiger partial charge < -0.3 is 19.5 Å². The van der Waals surface area contributed by atoms with Crippen molar-refractivity contribution in [1.82, 2.24) is 15.1 Å². The summed E-state index contributed by atoms with van der Waals surface area (Å²) < 4.78 is 16.2. The number of ether oxygens (including phenoxy) is 3. The zero-order chi connectivity index (χ0) is 17.5. The highest BCUT2D eigenvalue weighted by Crippen LogP contribution is 2.29. The predicted molar refractivity (Wildman–Crippen MR) is 106 cm³/mol. The highest BCUT2D eigenvalue weighted by atomic mass is 35.5. The number of likely N-dealkylation sites (tertiary alicyclic amines) is 1. The van der Waals surface area contributed by atoms with Crippen LogP contribution in [-0.2, 0) is 11.3 Å². The monoisotopic (exact) mass is 385 g/mol. The quantitative estimate of drug-likeness (QED) is 0.686. The smallest absolute Gasteiger partial charge is 0.161 e. The van der Waals surface area contributed by atoms with Gasteiger partial charge in [-0.15, -0.1) is 12.4 Å². The van der Waals surface area contributed by atoms with E-state index in [1.54, 1.807) is 14.2 Å². The molecule has 2 heterocycles. The van der Waals surface area contributed by atoms with E-state index in [1.807, 2.05) is 6.07 Å². The van der Waals surface area contributed by atoms with Gasteiger partial charge in [0, 0.05) is 59.0 Å². The van der Waals surface area contributed by atoms with Crippen LogP contribution in [0.1, 0.15) is 12.0 Å². The molecule has 6 nitrogen and oxygen atoms in total. The molecule has 2 fully saturated rings. The zero-order valence-electron chi connectivity index (χ0n) is 15.9. The molecule has 0 saturated carbocycles. The van der Waals surface area contributed by atoms with Crippen molar-refractivity contribution >= 4 is 12.4 Å². The van der Waals surface area contributed by atoms with Crippen LogP contribution in [0.4, 0.5) is 0 Å². The van der Waals surface area contributed by atoms with Crippen LogP contribution in [0.15, 0.2) is 18.2 Å². The van der Waals surface area contributed by atoms with Gasteiger partial charge in [0.15, 0.2) is 11.5 Å². The van der Waals surface area contributed by atoms with Crippen LogP contribution in [0.5, 0.6) is 11.5 Å². The second-order valence-electron chi connectivity index (χ2n) is 6.79. The molecule has 7 heteroatoms. The topological polar surface area (TPSA) is 46.2 Å². The first kappa shape index (κ1) is 21.3. The van der Waals surface area contributed by atoms with Crippen molar-refractivity contribution in [2.75, 3.05) is 66.7 Å². The SMILES string of the molecule is COCCOc1ccc(CN2CCC(N3CCNCC3)C2)cc1OC.Cl. The lowest BCUT2D eigenvalue weighted by Crippen LogP contribution is -2.49. The molecule has 148 valence electrons. The number of hydrogen-bond donors (Lipinski definition) is 1. The summed E-state index contributed by atoms with van der Waals surface area (Å²) in [5, 5.41) is 3.44. The number of hydrogen-bond acceptors (Lipinski definition) is 6. The standard InChI is InChI=1S/C19H31N3O3.ClH/c1-23-11-12-25-18-4-3-16(13-19(18)24-2)14-21-8-5-17(15-21)22-9-6-20-7-10-22;/h3-4,13,17,20H,5-12,14-15H2,1-2H3;1H. The van der Waals surface area contributed by atoms with E-state index in [0.29, 0.717) is 19.3 Å². The van der Waals surface area contributed by atoms with E-state index < -0.39 is 0 Å². The van der Waals surface area contributed by atoms with Crippen molar-refractivity contribution in [1.29, 1.82) is 0 Å². The van der Waals surface area contributed by atoms with Crippen molar-refractivity contribution < 1.29 is 14.2 Å². The number of methoxy groups -OCH3 is 2. The molecule has 0 spiro atoms. The molecular formula is C19H32ClN3O3. The summed E-state index contributed by atoms with van der Waals surface area (Å²) in [6.45, 7) is 9.02. The first-order chi connectivity index (χ1) is 12.3. The van der Waals surface area contributed by atoms with Gasteiger partial charge in [-0.25, -0.2) is 0 Å². The number of benzene rings is 1. The fourth-order valence-electron chi connectivity index (χ4n) is 3.72. The molecule has 0 aliphatic carbocycles. The van der Waals surface area contributed by atoms with E-state index in [1.165, 1.54) is 31.6 Å². The third kappa shape index (κ3) is 5.72. The van der Waals surface area contributed by atoms with Crippen LogP contribution in [0.3, 0.4) is 0 Å². The average molecular weight is 386 g/mol. The van der Waals surface area contributed by atoms with Crippen molar-refractivity contribution in [2.45, 2.75) is 19.0 Å². The highest BCUT2D eigenvalue weighted by molar-refractivity contribution is 5.85. The summed E-state index contributed by atoms with van der Waals surface area (Å²) in [6.07, 6.45) is 1.27. The molecule has 1 N–H and O–H groups in total. The summed E-state index contributed by atoms with van der Waals surface area (Å²) in [7, 11) is 3.37. The van der Waals surface area contributed by atoms with E-state index in [0.717, 1.165) is 37.7 Å². The molecule has 1 unspecified atom stereocenters. The highest BCUT2D eigenvalue weighted by Gasteiger charge is 2.28. The fraction of sp³-hybridized carbons (Fsp3) is 0.684. The Hall–Kier alpha value is -1.05. The summed E-state index contributed by atoms with van der Waals surface area (Å²) in [6, 6.07) is 6.96. The largest absolute Gasteiger partial charge is 0.493 e. The molecule has 3 rings (SSSR count). The fourth-order valence-corrected chi connectivity index (χ4v) is 3.72. The molecule has 0 bridgehead atoms. The Kier molecular flexibility index (Phi) is 8.95. The van der Waals surface area contributed by atoms with E-state index in [-0.39, 0.29) is 12.4 Å². The maximum Gasteiger partial charge on any atom is 0.161 e. The Balaban J connectivity index is 0.00000243. The van der Waals surface area contributed by atoms with Crippen LogP contribution >= 0.6 is 12.4 Å². The Morgan fingerprint density at radius 3 is 2.62 bits per heavy atom. The number of halogens is 1. The minimum absolute atomic E-state index is 0. The molecule has 0 aromatic heterocycles. The predicted octanol–water partition coefficient (Wildman–Crippen LogP) is 1.62. The van der Waals surface area contributed by atoms with Crippen LogP contribution in [0.2, 0.25) is 0 Å². The normalized spacial score (nSPS) is 21.4. The van der Waals surface area contributed by atoms with Gasteiger partial charge >= 0.3 is 0 Å². The zero-order valence-corrected chi connectivity index (χ0v) is 16.7. The Morgan fingerprint density at radius 2 is 1.88 bits per heavy atom. The maximum absolute atomic E-state index is 5.71. The third-order valence-corrected chi connectivity index (χ3v) is 5.09. The van der Waals surface area contributed by atoms with E-state index in [4.69, 9.17) is 14.2 Å². The maximum atomic E-state index is 5.71. The number of nitrogens with zero attached hydrogens (tertiary/aromatic N) is 2. The first-order valence-corrected chi connectivity index (χ1v) is 9.26. The van der Waals surface area contributed by atoms with Crippen LogP contribution < -0.4 is 14.8 Å². The lowest BCUT2D eigenvalue weighted by molar-refractivity contribution is 0.144. The summed E-state index contributed by atoms with van der Waals surface area (Å²) >= 11 is 0. The van der Waals surface area contributed by atoms with Crippen molar-refractivity contribution in [2.24, 2.45) is 0 Å².